The first-order valence-electron chi connectivity index (χ1n) is 27.6. The molecular formula is C58H104O6. The SMILES string of the molecule is CC/C=C\C/C=C\C/C=C\CCCCCCCC(=O)OC(COC(=O)CCCCCCC/C=C\CCC)COC(=O)CCCCCCCCCCCCCCCCCCCCCCC. The van der Waals surface area contributed by atoms with Crippen LogP contribution in [0, 0.1) is 0 Å². The first kappa shape index (κ1) is 61.4. The third-order valence-corrected chi connectivity index (χ3v) is 12.0. The van der Waals surface area contributed by atoms with Gasteiger partial charge in [0, 0.05) is 19.3 Å². The molecule has 0 aromatic heterocycles. The zero-order chi connectivity index (χ0) is 46.5. The highest BCUT2D eigenvalue weighted by molar-refractivity contribution is 5.71. The number of hydrogen-bond acceptors (Lipinski definition) is 6. The van der Waals surface area contributed by atoms with Crippen molar-refractivity contribution in [3.63, 3.8) is 0 Å². The molecule has 1 unspecified atom stereocenters. The van der Waals surface area contributed by atoms with Crippen molar-refractivity contribution in [3.05, 3.63) is 48.6 Å². The molecule has 372 valence electrons. The molecule has 0 amide bonds. The summed E-state index contributed by atoms with van der Waals surface area (Å²) < 4.78 is 16.8. The highest BCUT2D eigenvalue weighted by Crippen LogP contribution is 2.16. The van der Waals surface area contributed by atoms with Crippen LogP contribution in [-0.4, -0.2) is 37.2 Å². The van der Waals surface area contributed by atoms with Crippen molar-refractivity contribution in [2.75, 3.05) is 13.2 Å². The standard InChI is InChI=1S/C58H104O6/c1-4-7-10-13-16-19-22-24-26-27-28-29-30-31-33-34-36-39-42-45-48-51-57(60)63-54-55(53-62-56(59)50-47-44-41-38-21-18-15-12-9-6-3)64-58(61)52-49-46-43-40-37-35-32-25-23-20-17-14-11-8-5-2/h8,11-12,15,17,20,25,32,55H,4-7,9-10,13-14,16,18-19,21-24,26-31,33-54H2,1-3H3/b11-8-,15-12-,20-17-,32-25-. The minimum atomic E-state index is -0.782. The number of hydrogen-bond donors (Lipinski definition) is 0. The second-order valence-corrected chi connectivity index (χ2v) is 18.5. The van der Waals surface area contributed by atoms with E-state index < -0.39 is 6.10 Å². The molecule has 0 heterocycles. The molecule has 64 heavy (non-hydrogen) atoms. The highest BCUT2D eigenvalue weighted by atomic mass is 16.6. The molecule has 0 N–H and O–H groups in total. The third-order valence-electron chi connectivity index (χ3n) is 12.0. The molecule has 0 fully saturated rings. The van der Waals surface area contributed by atoms with E-state index in [9.17, 15) is 14.4 Å². The number of carbonyl (C=O) groups excluding carboxylic acids is 3. The van der Waals surface area contributed by atoms with Gasteiger partial charge < -0.3 is 14.2 Å². The van der Waals surface area contributed by atoms with Gasteiger partial charge in [0.05, 0.1) is 0 Å². The lowest BCUT2D eigenvalue weighted by molar-refractivity contribution is -0.167. The molecule has 0 spiro atoms. The minimum absolute atomic E-state index is 0.0803. The van der Waals surface area contributed by atoms with Gasteiger partial charge in [-0.25, -0.2) is 0 Å². The molecule has 0 aliphatic carbocycles. The molecular weight excluding hydrogens is 793 g/mol. The maximum absolute atomic E-state index is 12.8. The Hall–Kier alpha value is -2.63. The van der Waals surface area contributed by atoms with E-state index in [4.69, 9.17) is 14.2 Å². The van der Waals surface area contributed by atoms with Gasteiger partial charge in [0.1, 0.15) is 13.2 Å². The lowest BCUT2D eigenvalue weighted by atomic mass is 10.0. The molecule has 0 bridgehead atoms. The zero-order valence-corrected chi connectivity index (χ0v) is 42.6. The van der Waals surface area contributed by atoms with Gasteiger partial charge in [-0.1, -0.05) is 243 Å². The number of ether oxygens (including phenoxy) is 3. The Morgan fingerprint density at radius 2 is 0.641 bits per heavy atom. The molecule has 0 aliphatic heterocycles. The molecule has 1 atom stereocenters. The fourth-order valence-corrected chi connectivity index (χ4v) is 7.93. The van der Waals surface area contributed by atoms with E-state index in [1.54, 1.807) is 0 Å². The van der Waals surface area contributed by atoms with Crippen LogP contribution in [-0.2, 0) is 28.6 Å². The summed E-state index contributed by atoms with van der Waals surface area (Å²) in [6, 6.07) is 0. The predicted octanol–water partition coefficient (Wildman–Crippen LogP) is 18.3. The molecule has 0 aromatic rings. The number of esters is 3. The molecule has 6 nitrogen and oxygen atoms in total. The van der Waals surface area contributed by atoms with Gasteiger partial charge in [0.15, 0.2) is 6.10 Å². The van der Waals surface area contributed by atoms with E-state index in [0.29, 0.717) is 19.3 Å². The van der Waals surface area contributed by atoms with E-state index in [-0.39, 0.29) is 31.1 Å². The molecule has 0 radical (unpaired) electrons. The molecule has 0 aromatic carbocycles. The molecule has 6 heteroatoms. The molecule has 0 saturated carbocycles. The van der Waals surface area contributed by atoms with E-state index in [1.165, 1.54) is 135 Å². The van der Waals surface area contributed by atoms with Crippen LogP contribution < -0.4 is 0 Å². The summed E-state index contributed by atoms with van der Waals surface area (Å²) in [5, 5.41) is 0. The average molecular weight is 897 g/mol. The lowest BCUT2D eigenvalue weighted by Gasteiger charge is -2.18. The van der Waals surface area contributed by atoms with E-state index in [1.807, 2.05) is 0 Å². The number of rotatable bonds is 50. The van der Waals surface area contributed by atoms with Crippen LogP contribution in [0.3, 0.4) is 0 Å². The van der Waals surface area contributed by atoms with Gasteiger partial charge in [0.2, 0.25) is 0 Å². The summed E-state index contributed by atoms with van der Waals surface area (Å²) in [6.45, 7) is 6.47. The molecule has 0 rings (SSSR count). The Labute approximate surface area is 397 Å². The van der Waals surface area contributed by atoms with Crippen LogP contribution >= 0.6 is 0 Å². The van der Waals surface area contributed by atoms with Gasteiger partial charge in [0.25, 0.3) is 0 Å². The van der Waals surface area contributed by atoms with Gasteiger partial charge in [-0.05, 0) is 70.6 Å². The largest absolute Gasteiger partial charge is 0.462 e. The highest BCUT2D eigenvalue weighted by Gasteiger charge is 2.19. The van der Waals surface area contributed by atoms with Crippen molar-refractivity contribution in [1.29, 1.82) is 0 Å². The van der Waals surface area contributed by atoms with E-state index in [0.717, 1.165) is 109 Å². The quantitative estimate of drug-likeness (QED) is 0.0262. The van der Waals surface area contributed by atoms with Crippen molar-refractivity contribution in [2.24, 2.45) is 0 Å². The van der Waals surface area contributed by atoms with Gasteiger partial charge in [-0.15, -0.1) is 0 Å². The van der Waals surface area contributed by atoms with Gasteiger partial charge in [-0.3, -0.25) is 14.4 Å². The number of carbonyl (C=O) groups is 3. The fraction of sp³-hybridized carbons (Fsp3) is 0.810. The summed E-state index contributed by atoms with van der Waals surface area (Å²) in [5.74, 6) is -0.898. The topological polar surface area (TPSA) is 78.9 Å². The Morgan fingerprint density at radius 3 is 1.03 bits per heavy atom. The van der Waals surface area contributed by atoms with Crippen molar-refractivity contribution >= 4 is 17.9 Å². The van der Waals surface area contributed by atoms with Gasteiger partial charge >= 0.3 is 17.9 Å². The average Bonchev–Trinajstić information content (AvgIpc) is 3.29. The van der Waals surface area contributed by atoms with Crippen molar-refractivity contribution in [1.82, 2.24) is 0 Å². The van der Waals surface area contributed by atoms with E-state index >= 15 is 0 Å². The first-order chi connectivity index (χ1) is 31.5. The molecule has 0 aliphatic rings. The van der Waals surface area contributed by atoms with Gasteiger partial charge in [-0.2, -0.15) is 0 Å². The minimum Gasteiger partial charge on any atom is -0.462 e. The van der Waals surface area contributed by atoms with E-state index in [2.05, 4.69) is 69.4 Å². The second kappa shape index (κ2) is 53.0. The maximum atomic E-state index is 12.8. The Morgan fingerprint density at radius 1 is 0.328 bits per heavy atom. The summed E-state index contributed by atoms with van der Waals surface area (Å²) in [7, 11) is 0. The lowest BCUT2D eigenvalue weighted by Crippen LogP contribution is -2.30. The summed E-state index contributed by atoms with van der Waals surface area (Å²) in [6.07, 6.45) is 64.0. The zero-order valence-electron chi connectivity index (χ0n) is 42.6. The second-order valence-electron chi connectivity index (χ2n) is 18.5. The van der Waals surface area contributed by atoms with Crippen molar-refractivity contribution < 1.29 is 28.6 Å². The van der Waals surface area contributed by atoms with Crippen LogP contribution in [0.15, 0.2) is 48.6 Å². The molecule has 0 saturated heterocycles. The smallest absolute Gasteiger partial charge is 0.306 e. The monoisotopic (exact) mass is 897 g/mol. The van der Waals surface area contributed by atoms with Crippen molar-refractivity contribution in [2.45, 2.75) is 290 Å². The van der Waals surface area contributed by atoms with Crippen molar-refractivity contribution in [3.8, 4) is 0 Å². The summed E-state index contributed by atoms with van der Waals surface area (Å²) >= 11 is 0. The van der Waals surface area contributed by atoms with Crippen LogP contribution in [0.2, 0.25) is 0 Å². The third kappa shape index (κ3) is 50.4. The maximum Gasteiger partial charge on any atom is 0.306 e. The summed E-state index contributed by atoms with van der Waals surface area (Å²) in [5.41, 5.74) is 0. The Kier molecular flexibility index (Phi) is 50.8. The number of allylic oxidation sites excluding steroid dienone is 8. The van der Waals surface area contributed by atoms with Crippen LogP contribution in [0.1, 0.15) is 284 Å². The normalized spacial score (nSPS) is 12.4. The summed E-state index contributed by atoms with van der Waals surface area (Å²) in [4.78, 5) is 38.0. The first-order valence-corrected chi connectivity index (χ1v) is 27.6. The predicted molar refractivity (Wildman–Crippen MR) is 275 cm³/mol. The van der Waals surface area contributed by atoms with Crippen LogP contribution in [0.4, 0.5) is 0 Å². The van der Waals surface area contributed by atoms with Crippen LogP contribution in [0.25, 0.3) is 0 Å². The fourth-order valence-electron chi connectivity index (χ4n) is 7.93. The Balaban J connectivity index is 4.26. The van der Waals surface area contributed by atoms with Crippen LogP contribution in [0.5, 0.6) is 0 Å². The number of unbranched alkanes of at least 4 members (excludes halogenated alkanes) is 31. The Bertz CT molecular complexity index is 1120.